The van der Waals surface area contributed by atoms with Crippen LogP contribution in [-0.4, -0.2) is 41.9 Å². The van der Waals surface area contributed by atoms with Crippen molar-refractivity contribution < 1.29 is 22.7 Å². The Balaban J connectivity index is 1.61. The first-order chi connectivity index (χ1) is 18.5. The average molecular weight is 557 g/mol. The molecule has 9 nitrogen and oxygen atoms in total. The van der Waals surface area contributed by atoms with E-state index in [9.17, 15) is 18.0 Å². The van der Waals surface area contributed by atoms with E-state index in [-0.39, 0.29) is 12.0 Å². The predicted molar refractivity (Wildman–Crippen MR) is 150 cm³/mol. The Bertz CT molecular complexity index is 1330. The largest absolute Gasteiger partial charge is 0.494 e. The molecular weight excluding hydrogens is 516 g/mol. The number of aromatic nitrogens is 2. The van der Waals surface area contributed by atoms with Gasteiger partial charge in [0.2, 0.25) is 10.0 Å². The molecule has 212 valence electrons. The van der Waals surface area contributed by atoms with Crippen LogP contribution in [0.1, 0.15) is 83.9 Å². The van der Waals surface area contributed by atoms with Gasteiger partial charge in [0.25, 0.3) is 11.8 Å². The first-order valence-electron chi connectivity index (χ1n) is 13.9. The fourth-order valence-corrected chi connectivity index (χ4v) is 6.13. The highest BCUT2D eigenvalue weighted by molar-refractivity contribution is 7.91. The normalized spacial score (nSPS) is 19.8. The molecule has 1 fully saturated rings. The fraction of sp³-hybridized carbons (Fsp3) is 0.552. The van der Waals surface area contributed by atoms with Gasteiger partial charge in [-0.2, -0.15) is 5.10 Å². The van der Waals surface area contributed by atoms with Gasteiger partial charge < -0.3 is 10.1 Å². The van der Waals surface area contributed by atoms with Crippen molar-refractivity contribution >= 4 is 27.4 Å². The van der Waals surface area contributed by atoms with Crippen molar-refractivity contribution in [2.24, 2.45) is 5.92 Å². The van der Waals surface area contributed by atoms with Gasteiger partial charge in [0.15, 0.2) is 0 Å². The third-order valence-electron chi connectivity index (χ3n) is 7.13. The lowest BCUT2D eigenvalue weighted by atomic mass is 9.79. The van der Waals surface area contributed by atoms with Crippen LogP contribution in [0.25, 0.3) is 5.57 Å². The minimum Gasteiger partial charge on any atom is -0.494 e. The number of hydrogen-bond acceptors (Lipinski definition) is 6. The molecule has 1 atom stereocenters. The lowest BCUT2D eigenvalue weighted by Gasteiger charge is -2.37. The molecule has 1 aromatic heterocycles. The lowest BCUT2D eigenvalue weighted by molar-refractivity contribution is -0.124. The molecule has 1 aliphatic heterocycles. The molecule has 2 heterocycles. The smallest absolute Gasteiger partial charge is 0.270 e. The quantitative estimate of drug-likeness (QED) is 0.281. The molecule has 2 amide bonds. The lowest BCUT2D eigenvalue weighted by Crippen LogP contribution is -2.51. The van der Waals surface area contributed by atoms with Crippen molar-refractivity contribution in [3.8, 4) is 5.75 Å². The molecule has 4 rings (SSSR count). The van der Waals surface area contributed by atoms with E-state index in [1.165, 1.54) is 12.8 Å². The summed E-state index contributed by atoms with van der Waals surface area (Å²) in [5, 5.41) is 7.03. The number of hydrogen-bond donors (Lipinski definition) is 2. The number of benzene rings is 1. The molecule has 1 aliphatic carbocycles. The summed E-state index contributed by atoms with van der Waals surface area (Å²) in [7, 11) is -3.83. The van der Waals surface area contributed by atoms with Crippen molar-refractivity contribution in [3.63, 3.8) is 0 Å². The number of nitrogens with one attached hydrogen (secondary N) is 2. The molecular formula is C29H40N4O5S. The van der Waals surface area contributed by atoms with E-state index in [1.54, 1.807) is 10.7 Å². The van der Waals surface area contributed by atoms with Crippen LogP contribution < -0.4 is 14.8 Å². The second-order valence-electron chi connectivity index (χ2n) is 11.2. The third kappa shape index (κ3) is 7.09. The molecule has 2 aromatic rings. The minimum atomic E-state index is -3.83. The summed E-state index contributed by atoms with van der Waals surface area (Å²) in [6.07, 6.45) is 7.61. The van der Waals surface area contributed by atoms with E-state index in [0.717, 1.165) is 24.2 Å². The number of carbonyl (C=O) groups excluding carboxylic acids is 2. The van der Waals surface area contributed by atoms with Gasteiger partial charge in [0, 0.05) is 24.7 Å². The fourth-order valence-electron chi connectivity index (χ4n) is 4.85. The zero-order valence-electron chi connectivity index (χ0n) is 23.3. The first kappa shape index (κ1) is 28.9. The summed E-state index contributed by atoms with van der Waals surface area (Å²) < 4.78 is 34.8. The van der Waals surface area contributed by atoms with E-state index in [2.05, 4.69) is 35.9 Å². The van der Waals surface area contributed by atoms with Gasteiger partial charge >= 0.3 is 0 Å². The van der Waals surface area contributed by atoms with Crippen molar-refractivity contribution in [3.05, 3.63) is 53.4 Å². The second kappa shape index (κ2) is 11.9. The number of amides is 2. The van der Waals surface area contributed by atoms with E-state index < -0.39 is 32.6 Å². The zero-order chi connectivity index (χ0) is 28.2. The number of unbranched alkanes of at least 4 members (excludes halogenated alkanes) is 3. The van der Waals surface area contributed by atoms with Crippen LogP contribution in [0, 0.1) is 5.92 Å². The van der Waals surface area contributed by atoms with Crippen LogP contribution in [0.4, 0.5) is 0 Å². The van der Waals surface area contributed by atoms with Gasteiger partial charge in [-0.15, -0.1) is 0 Å². The highest BCUT2D eigenvalue weighted by Gasteiger charge is 2.43. The Hall–Kier alpha value is -3.14. The monoisotopic (exact) mass is 556 g/mol. The highest BCUT2D eigenvalue weighted by Crippen LogP contribution is 2.39. The van der Waals surface area contributed by atoms with Gasteiger partial charge in [0.1, 0.15) is 11.3 Å². The molecule has 0 spiro atoms. The summed E-state index contributed by atoms with van der Waals surface area (Å²) >= 11 is 0. The summed E-state index contributed by atoms with van der Waals surface area (Å²) in [5.41, 5.74) is 0.700. The maximum absolute atomic E-state index is 13.5. The molecule has 0 bridgehead atoms. The Morgan fingerprint density at radius 3 is 2.54 bits per heavy atom. The molecule has 10 heteroatoms. The van der Waals surface area contributed by atoms with Crippen molar-refractivity contribution in [1.29, 1.82) is 0 Å². The Kier molecular flexibility index (Phi) is 8.83. The summed E-state index contributed by atoms with van der Waals surface area (Å²) in [6, 6.07) is 9.38. The number of ether oxygens (including phenoxy) is 1. The second-order valence-corrected chi connectivity index (χ2v) is 13.2. The molecule has 0 radical (unpaired) electrons. The topological polar surface area (TPSA) is 119 Å². The highest BCUT2D eigenvalue weighted by atomic mass is 32.2. The molecule has 2 N–H and O–H groups in total. The number of carbonyl (C=O) groups is 2. The van der Waals surface area contributed by atoms with Gasteiger partial charge in [-0.25, -0.2) is 13.1 Å². The summed E-state index contributed by atoms with van der Waals surface area (Å²) in [4.78, 5) is 26.7. The first-order valence-corrected chi connectivity index (χ1v) is 15.5. The third-order valence-corrected chi connectivity index (χ3v) is 8.95. The maximum atomic E-state index is 13.5. The van der Waals surface area contributed by atoms with Gasteiger partial charge in [-0.05, 0) is 55.9 Å². The van der Waals surface area contributed by atoms with E-state index in [4.69, 9.17) is 4.74 Å². The van der Waals surface area contributed by atoms with Crippen LogP contribution in [0.3, 0.4) is 0 Å². The van der Waals surface area contributed by atoms with E-state index >= 15 is 0 Å². The van der Waals surface area contributed by atoms with Crippen molar-refractivity contribution in [1.82, 2.24) is 19.8 Å². The molecule has 0 unspecified atom stereocenters. The number of nitrogens with zero attached hydrogens (tertiary/aromatic N) is 2. The predicted octanol–water partition coefficient (Wildman–Crippen LogP) is 4.30. The Labute approximate surface area is 231 Å². The average Bonchev–Trinajstić information content (AvgIpc) is 3.64. The van der Waals surface area contributed by atoms with Crippen LogP contribution in [0.2, 0.25) is 0 Å². The summed E-state index contributed by atoms with van der Waals surface area (Å²) in [6.45, 7) is 9.55. The van der Waals surface area contributed by atoms with Crippen molar-refractivity contribution in [2.75, 3.05) is 6.61 Å². The van der Waals surface area contributed by atoms with Crippen molar-refractivity contribution in [2.45, 2.75) is 90.0 Å². The van der Waals surface area contributed by atoms with E-state index in [1.807, 2.05) is 37.4 Å². The molecule has 0 saturated heterocycles. The molecule has 39 heavy (non-hydrogen) atoms. The van der Waals surface area contributed by atoms with Crippen LogP contribution >= 0.6 is 0 Å². The number of rotatable bonds is 13. The minimum absolute atomic E-state index is 0.210. The Morgan fingerprint density at radius 2 is 1.90 bits per heavy atom. The standard InChI is InChI=1S/C29H40N4O5S/c1-5-6-7-8-17-38-22-11-9-21(10-12-22)29(4)18-24(25-15-16-33(31-25)19-20(2)3)26(27(34)30-29)28(35)32-39(36,37)23-13-14-23/h9-12,15-16,20,23H,5-8,13-14,17-19H2,1-4H3,(H,30,34)(H,32,35)/t29-/m0/s1. The maximum Gasteiger partial charge on any atom is 0.270 e. The SMILES string of the molecule is CCCCCCOc1ccc([C@]2(C)CC(c3ccn(CC(C)C)n3)=C(C(=O)NS(=O)(=O)C3CC3)C(=O)N2)cc1. The molecule has 1 saturated carbocycles. The van der Waals surface area contributed by atoms with E-state index in [0.29, 0.717) is 43.2 Å². The zero-order valence-corrected chi connectivity index (χ0v) is 24.1. The van der Waals surface area contributed by atoms with Gasteiger partial charge in [-0.1, -0.05) is 52.2 Å². The Morgan fingerprint density at radius 1 is 1.18 bits per heavy atom. The van der Waals surface area contributed by atoms with Crippen LogP contribution in [0.5, 0.6) is 5.75 Å². The van der Waals surface area contributed by atoms with Crippen LogP contribution in [-0.2, 0) is 31.7 Å². The van der Waals surface area contributed by atoms with Gasteiger partial charge in [-0.3, -0.25) is 14.3 Å². The summed E-state index contributed by atoms with van der Waals surface area (Å²) in [5.74, 6) is -0.432. The molecule has 1 aromatic carbocycles. The van der Waals surface area contributed by atoms with Gasteiger partial charge in [0.05, 0.1) is 23.1 Å². The molecule has 2 aliphatic rings. The number of sulfonamides is 1. The van der Waals surface area contributed by atoms with Crippen LogP contribution in [0.15, 0.2) is 42.1 Å².